The molecular weight excluding hydrogens is 242 g/mol. The lowest BCUT2D eigenvalue weighted by Gasteiger charge is -2.23. The van der Waals surface area contributed by atoms with Crippen molar-refractivity contribution in [2.45, 2.75) is 46.8 Å². The number of hydrogen-bond donors (Lipinski definition) is 0. The predicted molar refractivity (Wildman–Crippen MR) is 86.0 cm³/mol. The molecule has 0 fully saturated rings. The monoisotopic (exact) mass is 274 g/mol. The van der Waals surface area contributed by atoms with E-state index in [2.05, 4.69) is 0 Å². The van der Waals surface area contributed by atoms with Crippen LogP contribution in [-0.2, 0) is 12.5 Å². The van der Waals surface area contributed by atoms with Crippen molar-refractivity contribution in [1.29, 1.82) is 0 Å². The predicted octanol–water partition coefficient (Wildman–Crippen LogP) is 4.40. The highest BCUT2D eigenvalue weighted by Crippen LogP contribution is 2.31. The fourth-order valence-corrected chi connectivity index (χ4v) is 2.44. The highest BCUT2D eigenvalue weighted by atomic mass is 14.9. The van der Waals surface area contributed by atoms with Crippen molar-refractivity contribution in [2.24, 2.45) is 7.05 Å². The van der Waals surface area contributed by atoms with Gasteiger partial charge in [0, 0.05) is 25.9 Å². The van der Waals surface area contributed by atoms with E-state index in [4.69, 9.17) is 8.22 Å². The van der Waals surface area contributed by atoms with Crippen LogP contribution in [0.1, 0.15) is 51.2 Å². The molecule has 0 aliphatic rings. The van der Waals surface area contributed by atoms with Gasteiger partial charge < -0.3 is 0 Å². The van der Waals surface area contributed by atoms with E-state index >= 15 is 0 Å². The molecule has 0 unspecified atom stereocenters. The number of rotatable bonds is 1. The van der Waals surface area contributed by atoms with Gasteiger partial charge in [-0.05, 0) is 54.4 Å². The second-order valence-corrected chi connectivity index (χ2v) is 6.37. The first-order chi connectivity index (χ1) is 11.6. The Morgan fingerprint density at radius 3 is 2.40 bits per heavy atom. The van der Waals surface area contributed by atoms with Crippen molar-refractivity contribution < 1.29 is 12.8 Å². The maximum absolute atomic E-state index is 7.88. The van der Waals surface area contributed by atoms with E-state index in [0.717, 1.165) is 22.4 Å². The SMILES string of the molecule is [2H]C([2H])([2H])c1cc[n+](C)c(-c2cc(C(C)(C)C)c(C([2H])([2H])[2H])cc2C)c1. The molecule has 2 rings (SSSR count). The lowest BCUT2D eigenvalue weighted by molar-refractivity contribution is -0.660. The van der Waals surface area contributed by atoms with Gasteiger partial charge in [0.2, 0.25) is 5.69 Å². The fraction of sp³-hybridized carbons (Fsp3) is 0.421. The van der Waals surface area contributed by atoms with Gasteiger partial charge in [-0.3, -0.25) is 0 Å². The molecule has 106 valence electrons. The highest BCUT2D eigenvalue weighted by molar-refractivity contribution is 5.64. The molecule has 1 nitrogen and oxygen atoms in total. The zero-order valence-electron chi connectivity index (χ0n) is 18.8. The van der Waals surface area contributed by atoms with E-state index < -0.39 is 13.7 Å². The summed E-state index contributed by atoms with van der Waals surface area (Å²) < 4.78 is 48.5. The Kier molecular flexibility index (Phi) is 2.17. The Balaban J connectivity index is 2.80. The second kappa shape index (κ2) is 5.05. The van der Waals surface area contributed by atoms with Crippen molar-refractivity contribution in [3.05, 3.63) is 52.7 Å². The number of nitrogens with zero attached hydrogens (tertiary/aromatic N) is 1. The van der Waals surface area contributed by atoms with Crippen LogP contribution in [0, 0.1) is 20.6 Å². The van der Waals surface area contributed by atoms with Crippen molar-refractivity contribution in [3.8, 4) is 11.3 Å². The summed E-state index contributed by atoms with van der Waals surface area (Å²) in [7, 11) is 1.85. The average Bonchev–Trinajstić information content (AvgIpc) is 2.44. The van der Waals surface area contributed by atoms with Crippen molar-refractivity contribution in [2.75, 3.05) is 0 Å². The van der Waals surface area contributed by atoms with Crippen molar-refractivity contribution in [1.82, 2.24) is 0 Å². The average molecular weight is 274 g/mol. The van der Waals surface area contributed by atoms with Crippen LogP contribution in [0.15, 0.2) is 30.5 Å². The Hall–Kier alpha value is -1.63. The van der Waals surface area contributed by atoms with Crippen LogP contribution in [-0.4, -0.2) is 0 Å². The minimum absolute atomic E-state index is 0.266. The van der Waals surface area contributed by atoms with Crippen molar-refractivity contribution >= 4 is 0 Å². The third-order valence-corrected chi connectivity index (χ3v) is 3.60. The van der Waals surface area contributed by atoms with Crippen LogP contribution in [0.3, 0.4) is 0 Å². The first-order valence-electron chi connectivity index (χ1n) is 9.78. The van der Waals surface area contributed by atoms with Crippen LogP contribution < -0.4 is 4.57 Å². The highest BCUT2D eigenvalue weighted by Gasteiger charge is 2.21. The standard InChI is InChI=1S/C19H26N/c1-13-8-9-20(7)18(10-13)16-12-17(19(4,5)6)15(3)11-14(16)2/h8-12H,1-7H3/q+1/i1D3,3D3. The molecule has 0 saturated carbocycles. The van der Waals surface area contributed by atoms with Gasteiger partial charge in [0.1, 0.15) is 7.05 Å². The Labute approximate surface area is 131 Å². The van der Waals surface area contributed by atoms with Gasteiger partial charge in [-0.2, -0.15) is 0 Å². The molecule has 1 heterocycles. The maximum Gasteiger partial charge on any atom is 0.212 e. The number of pyridine rings is 1. The molecule has 0 saturated heterocycles. The molecule has 2 aromatic rings. The summed E-state index contributed by atoms with van der Waals surface area (Å²) in [6.07, 6.45) is 1.73. The van der Waals surface area contributed by atoms with Gasteiger partial charge in [0.15, 0.2) is 6.20 Å². The lowest BCUT2D eigenvalue weighted by atomic mass is 9.81. The summed E-state index contributed by atoms with van der Waals surface area (Å²) in [5.41, 5.74) is 3.41. The molecule has 20 heavy (non-hydrogen) atoms. The van der Waals surface area contributed by atoms with E-state index in [-0.39, 0.29) is 11.0 Å². The Morgan fingerprint density at radius 1 is 1.05 bits per heavy atom. The molecule has 0 N–H and O–H groups in total. The Bertz CT molecular complexity index is 826. The Morgan fingerprint density at radius 2 is 1.80 bits per heavy atom. The smallest absolute Gasteiger partial charge is 0.201 e. The summed E-state index contributed by atoms with van der Waals surface area (Å²) in [5, 5.41) is 0. The number of aryl methyl sites for hydroxylation is 4. The number of aromatic nitrogens is 1. The van der Waals surface area contributed by atoms with Gasteiger partial charge >= 0.3 is 0 Å². The third kappa shape index (κ3) is 2.77. The van der Waals surface area contributed by atoms with Gasteiger partial charge in [0.05, 0.1) is 0 Å². The van der Waals surface area contributed by atoms with Crippen molar-refractivity contribution in [3.63, 3.8) is 0 Å². The molecule has 1 heteroatoms. The molecule has 0 radical (unpaired) electrons. The molecule has 0 amide bonds. The summed E-state index contributed by atoms with van der Waals surface area (Å²) >= 11 is 0. The molecule has 0 spiro atoms. The van der Waals surface area contributed by atoms with Gasteiger partial charge in [-0.15, -0.1) is 0 Å². The molecule has 0 aliphatic heterocycles. The molecule has 1 aromatic heterocycles. The van der Waals surface area contributed by atoms with E-state index in [1.165, 1.54) is 0 Å². The lowest BCUT2D eigenvalue weighted by Crippen LogP contribution is -2.30. The largest absolute Gasteiger partial charge is 0.212 e. The number of benzene rings is 1. The van der Waals surface area contributed by atoms with Crippen LogP contribution in [0.25, 0.3) is 11.3 Å². The van der Waals surface area contributed by atoms with Gasteiger partial charge in [-0.1, -0.05) is 26.8 Å². The van der Waals surface area contributed by atoms with Crippen LogP contribution >= 0.6 is 0 Å². The van der Waals surface area contributed by atoms with Crippen LogP contribution in [0.2, 0.25) is 0 Å². The third-order valence-electron chi connectivity index (χ3n) is 3.60. The minimum Gasteiger partial charge on any atom is -0.201 e. The minimum atomic E-state index is -2.20. The summed E-state index contributed by atoms with van der Waals surface area (Å²) in [6.45, 7) is 3.41. The summed E-state index contributed by atoms with van der Waals surface area (Å²) in [4.78, 5) is 0. The van der Waals surface area contributed by atoms with E-state index in [0.29, 0.717) is 5.56 Å². The molecular formula is C19H26N+. The van der Waals surface area contributed by atoms with Crippen LogP contribution in [0.5, 0.6) is 0 Å². The summed E-state index contributed by atoms with van der Waals surface area (Å²) in [6, 6.07) is 6.87. The first kappa shape index (κ1) is 8.61. The normalized spacial score (nSPS) is 17.4. The fourth-order valence-electron chi connectivity index (χ4n) is 2.44. The summed E-state index contributed by atoms with van der Waals surface area (Å²) in [5.74, 6) is 0. The quantitative estimate of drug-likeness (QED) is 0.679. The van der Waals surface area contributed by atoms with E-state index in [1.807, 2.05) is 45.4 Å². The molecule has 0 atom stereocenters. The zero-order chi connectivity index (χ0) is 20.1. The first-order valence-corrected chi connectivity index (χ1v) is 6.78. The van der Waals surface area contributed by atoms with E-state index in [9.17, 15) is 0 Å². The molecule has 0 bridgehead atoms. The number of hydrogen-bond acceptors (Lipinski definition) is 0. The van der Waals surface area contributed by atoms with Gasteiger partial charge in [0.25, 0.3) is 0 Å². The maximum atomic E-state index is 7.88. The zero-order valence-corrected chi connectivity index (χ0v) is 12.8. The molecule has 1 aromatic carbocycles. The topological polar surface area (TPSA) is 3.88 Å². The van der Waals surface area contributed by atoms with Crippen LogP contribution in [0.4, 0.5) is 0 Å². The van der Waals surface area contributed by atoms with Gasteiger partial charge in [-0.25, -0.2) is 4.57 Å². The molecule has 0 aliphatic carbocycles. The second-order valence-electron chi connectivity index (χ2n) is 6.37. The van der Waals surface area contributed by atoms with E-state index in [1.54, 1.807) is 24.4 Å².